The van der Waals surface area contributed by atoms with Gasteiger partial charge in [-0.2, -0.15) is 0 Å². The summed E-state index contributed by atoms with van der Waals surface area (Å²) < 4.78 is 5.41. The van der Waals surface area contributed by atoms with Crippen molar-refractivity contribution in [2.75, 3.05) is 6.61 Å². The second-order valence-corrected chi connectivity index (χ2v) is 5.01. The van der Waals surface area contributed by atoms with Gasteiger partial charge in [0.25, 0.3) is 0 Å². The fraction of sp³-hybridized carbons (Fsp3) is 0.600. The Morgan fingerprint density at radius 1 is 1.33 bits per heavy atom. The summed E-state index contributed by atoms with van der Waals surface area (Å²) >= 11 is 0. The number of hydrogen-bond acceptors (Lipinski definition) is 3. The second kappa shape index (κ2) is 5.51. The summed E-state index contributed by atoms with van der Waals surface area (Å²) in [6, 6.07) is 1.83. The molecule has 0 bridgehead atoms. The SMILES string of the molecule is CCOc1cncc(C(=O)C2(CC)CCCC2)c1. The van der Waals surface area contributed by atoms with Crippen molar-refractivity contribution in [3.63, 3.8) is 0 Å². The first-order valence-corrected chi connectivity index (χ1v) is 6.84. The molecule has 0 radical (unpaired) electrons. The average Bonchev–Trinajstić information content (AvgIpc) is 2.88. The van der Waals surface area contributed by atoms with Crippen LogP contribution in [0, 0.1) is 5.41 Å². The van der Waals surface area contributed by atoms with E-state index in [9.17, 15) is 4.79 Å². The molecule has 1 aromatic heterocycles. The van der Waals surface area contributed by atoms with Gasteiger partial charge in [0.05, 0.1) is 12.8 Å². The molecule has 1 saturated carbocycles. The number of hydrogen-bond donors (Lipinski definition) is 0. The molecule has 1 heterocycles. The van der Waals surface area contributed by atoms with Crippen molar-refractivity contribution in [2.45, 2.75) is 46.0 Å². The second-order valence-electron chi connectivity index (χ2n) is 5.01. The van der Waals surface area contributed by atoms with E-state index in [-0.39, 0.29) is 11.2 Å². The van der Waals surface area contributed by atoms with Crippen molar-refractivity contribution >= 4 is 5.78 Å². The first-order chi connectivity index (χ1) is 8.72. The van der Waals surface area contributed by atoms with Crippen LogP contribution in [0.25, 0.3) is 0 Å². The van der Waals surface area contributed by atoms with E-state index in [1.54, 1.807) is 12.4 Å². The molecule has 1 aliphatic carbocycles. The Kier molecular flexibility index (Phi) is 4.00. The molecule has 2 rings (SSSR count). The maximum absolute atomic E-state index is 12.7. The molecule has 1 aliphatic rings. The van der Waals surface area contributed by atoms with Crippen LogP contribution >= 0.6 is 0 Å². The molecule has 0 N–H and O–H groups in total. The summed E-state index contributed by atoms with van der Waals surface area (Å²) in [5.74, 6) is 0.934. The van der Waals surface area contributed by atoms with Gasteiger partial charge in [0, 0.05) is 17.2 Å². The van der Waals surface area contributed by atoms with E-state index in [0.29, 0.717) is 17.9 Å². The van der Waals surface area contributed by atoms with Gasteiger partial charge in [-0.3, -0.25) is 9.78 Å². The standard InChI is InChI=1S/C15H21NO2/c1-3-15(7-5-6-8-15)14(17)12-9-13(18-4-2)11-16-10-12/h9-11H,3-8H2,1-2H3. The van der Waals surface area contributed by atoms with Gasteiger partial charge in [-0.15, -0.1) is 0 Å². The first kappa shape index (κ1) is 13.1. The van der Waals surface area contributed by atoms with Gasteiger partial charge in [0.15, 0.2) is 5.78 Å². The number of aromatic nitrogens is 1. The Hall–Kier alpha value is -1.38. The highest BCUT2D eigenvalue weighted by molar-refractivity contribution is 6.00. The third-order valence-corrected chi connectivity index (χ3v) is 4.01. The predicted octanol–water partition coefficient (Wildman–Crippen LogP) is 3.63. The highest BCUT2D eigenvalue weighted by Crippen LogP contribution is 2.43. The minimum atomic E-state index is -0.146. The largest absolute Gasteiger partial charge is 0.492 e. The molecule has 1 aromatic rings. The van der Waals surface area contributed by atoms with E-state index in [4.69, 9.17) is 4.74 Å². The topological polar surface area (TPSA) is 39.2 Å². The lowest BCUT2D eigenvalue weighted by Crippen LogP contribution is -2.27. The van der Waals surface area contributed by atoms with Crippen molar-refractivity contribution in [1.82, 2.24) is 4.98 Å². The lowest BCUT2D eigenvalue weighted by molar-refractivity contribution is 0.0790. The number of carbonyl (C=O) groups excluding carboxylic acids is 1. The van der Waals surface area contributed by atoms with E-state index < -0.39 is 0 Å². The molecule has 0 amide bonds. The molecule has 3 heteroatoms. The van der Waals surface area contributed by atoms with Gasteiger partial charge in [0.1, 0.15) is 5.75 Å². The van der Waals surface area contributed by atoms with E-state index in [0.717, 1.165) is 32.1 Å². The average molecular weight is 247 g/mol. The highest BCUT2D eigenvalue weighted by atomic mass is 16.5. The number of Topliss-reactive ketones (excluding diaryl/α,β-unsaturated/α-hetero) is 1. The zero-order chi connectivity index (χ0) is 13.0. The molecule has 98 valence electrons. The van der Waals surface area contributed by atoms with Crippen LogP contribution in [0.5, 0.6) is 5.75 Å². The monoisotopic (exact) mass is 247 g/mol. The van der Waals surface area contributed by atoms with Gasteiger partial charge in [-0.25, -0.2) is 0 Å². The summed E-state index contributed by atoms with van der Waals surface area (Å²) in [7, 11) is 0. The first-order valence-electron chi connectivity index (χ1n) is 6.84. The van der Waals surface area contributed by atoms with Crippen molar-refractivity contribution in [1.29, 1.82) is 0 Å². The van der Waals surface area contributed by atoms with Crippen LogP contribution in [0.1, 0.15) is 56.3 Å². The minimum Gasteiger partial charge on any atom is -0.492 e. The van der Waals surface area contributed by atoms with Gasteiger partial charge < -0.3 is 4.74 Å². The van der Waals surface area contributed by atoms with Crippen LogP contribution in [0.4, 0.5) is 0 Å². The van der Waals surface area contributed by atoms with Crippen LogP contribution in [0.3, 0.4) is 0 Å². The third-order valence-electron chi connectivity index (χ3n) is 4.01. The normalized spacial score (nSPS) is 17.7. The van der Waals surface area contributed by atoms with Gasteiger partial charge in [0.2, 0.25) is 0 Å². The van der Waals surface area contributed by atoms with Crippen LogP contribution < -0.4 is 4.74 Å². The van der Waals surface area contributed by atoms with Crippen molar-refractivity contribution in [2.24, 2.45) is 5.41 Å². The van der Waals surface area contributed by atoms with E-state index in [1.165, 1.54) is 0 Å². The summed E-state index contributed by atoms with van der Waals surface area (Å²) in [6.45, 7) is 4.64. The highest BCUT2D eigenvalue weighted by Gasteiger charge is 2.39. The Balaban J connectivity index is 2.24. The zero-order valence-corrected chi connectivity index (χ0v) is 11.2. The van der Waals surface area contributed by atoms with Crippen molar-refractivity contribution in [3.05, 3.63) is 24.0 Å². The lowest BCUT2D eigenvalue weighted by Gasteiger charge is -2.25. The van der Waals surface area contributed by atoms with E-state index in [2.05, 4.69) is 11.9 Å². The molecule has 18 heavy (non-hydrogen) atoms. The fourth-order valence-electron chi connectivity index (χ4n) is 2.89. The number of carbonyl (C=O) groups is 1. The molecule has 0 spiro atoms. The Bertz CT molecular complexity index is 422. The summed E-state index contributed by atoms with van der Waals surface area (Å²) in [5.41, 5.74) is 0.552. The van der Waals surface area contributed by atoms with Gasteiger partial charge in [-0.05, 0) is 32.3 Å². The third kappa shape index (κ3) is 2.40. The Morgan fingerprint density at radius 3 is 2.67 bits per heavy atom. The zero-order valence-electron chi connectivity index (χ0n) is 11.2. The maximum atomic E-state index is 12.7. The number of ether oxygens (including phenoxy) is 1. The molecule has 0 atom stereocenters. The smallest absolute Gasteiger partial charge is 0.170 e. The van der Waals surface area contributed by atoms with Crippen molar-refractivity contribution in [3.8, 4) is 5.75 Å². The summed E-state index contributed by atoms with van der Waals surface area (Å²) in [5, 5.41) is 0. The molecule has 3 nitrogen and oxygen atoms in total. The number of pyridine rings is 1. The Labute approximate surface area is 109 Å². The molecule has 1 fully saturated rings. The van der Waals surface area contributed by atoms with E-state index in [1.807, 2.05) is 13.0 Å². The van der Waals surface area contributed by atoms with Gasteiger partial charge >= 0.3 is 0 Å². The fourth-order valence-corrected chi connectivity index (χ4v) is 2.89. The molecule has 0 aromatic carbocycles. The quantitative estimate of drug-likeness (QED) is 0.746. The number of rotatable bonds is 5. The molecule has 0 saturated heterocycles. The molecular formula is C15H21NO2. The minimum absolute atomic E-state index is 0.146. The predicted molar refractivity (Wildman–Crippen MR) is 70.9 cm³/mol. The van der Waals surface area contributed by atoms with Crippen LogP contribution in [0.15, 0.2) is 18.5 Å². The van der Waals surface area contributed by atoms with Crippen LogP contribution in [0.2, 0.25) is 0 Å². The lowest BCUT2D eigenvalue weighted by atomic mass is 9.77. The van der Waals surface area contributed by atoms with Gasteiger partial charge in [-0.1, -0.05) is 19.8 Å². The maximum Gasteiger partial charge on any atom is 0.170 e. The summed E-state index contributed by atoms with van der Waals surface area (Å²) in [6.07, 6.45) is 8.61. The van der Waals surface area contributed by atoms with Crippen LogP contribution in [-0.2, 0) is 0 Å². The number of nitrogens with zero attached hydrogens (tertiary/aromatic N) is 1. The molecule has 0 unspecified atom stereocenters. The number of ketones is 1. The van der Waals surface area contributed by atoms with Crippen LogP contribution in [-0.4, -0.2) is 17.4 Å². The summed E-state index contributed by atoms with van der Waals surface area (Å²) in [4.78, 5) is 16.8. The van der Waals surface area contributed by atoms with E-state index >= 15 is 0 Å². The molecular weight excluding hydrogens is 226 g/mol. The Morgan fingerprint density at radius 2 is 2.06 bits per heavy atom. The van der Waals surface area contributed by atoms with Crippen molar-refractivity contribution < 1.29 is 9.53 Å². The molecule has 0 aliphatic heterocycles.